The number of fused-ring (bicyclic) bond motifs is 2. The van der Waals surface area contributed by atoms with Gasteiger partial charge in [0, 0.05) is 8.95 Å². The van der Waals surface area contributed by atoms with E-state index in [0.717, 1.165) is 30.7 Å². The van der Waals surface area contributed by atoms with Gasteiger partial charge in [0.05, 0.1) is 12.2 Å². The van der Waals surface area contributed by atoms with Crippen LogP contribution in [-0.4, -0.2) is 16.2 Å². The first-order valence-electron chi connectivity index (χ1n) is 8.18. The molecule has 0 amide bonds. The molecule has 4 rings (SSSR count). The van der Waals surface area contributed by atoms with Crippen LogP contribution in [0.5, 0.6) is 0 Å². The quantitative estimate of drug-likeness (QED) is 0.344. The lowest BCUT2D eigenvalue weighted by molar-refractivity contribution is 0.0697. The number of halogens is 2. The zero-order valence-electron chi connectivity index (χ0n) is 14.2. The fourth-order valence-corrected chi connectivity index (χ4v) is 3.47. The summed E-state index contributed by atoms with van der Waals surface area (Å²) in [5.41, 5.74) is 1.27. The molecule has 27 heavy (non-hydrogen) atoms. The van der Waals surface area contributed by atoms with Crippen LogP contribution in [0.2, 0.25) is 0 Å². The van der Waals surface area contributed by atoms with Crippen LogP contribution in [-0.2, 0) is 6.61 Å². The van der Waals surface area contributed by atoms with E-state index in [9.17, 15) is 4.79 Å². The maximum Gasteiger partial charge on any atom is 0.335 e. The van der Waals surface area contributed by atoms with E-state index in [1.807, 2.05) is 54.6 Å². The van der Waals surface area contributed by atoms with Gasteiger partial charge in [0.25, 0.3) is 0 Å². The van der Waals surface area contributed by atoms with Crippen LogP contribution in [0.4, 0.5) is 0 Å². The molecule has 0 atom stereocenters. The number of aliphatic hydroxyl groups is 1. The number of benzene rings is 4. The number of aromatic carboxylic acids is 1. The highest BCUT2D eigenvalue weighted by molar-refractivity contribution is 9.10. The van der Waals surface area contributed by atoms with Crippen molar-refractivity contribution in [3.8, 4) is 0 Å². The molecule has 4 aromatic rings. The molecule has 0 fully saturated rings. The summed E-state index contributed by atoms with van der Waals surface area (Å²) < 4.78 is 2.07. The summed E-state index contributed by atoms with van der Waals surface area (Å²) >= 11 is 6.78. The van der Waals surface area contributed by atoms with Crippen molar-refractivity contribution in [2.24, 2.45) is 0 Å². The van der Waals surface area contributed by atoms with Gasteiger partial charge in [-0.2, -0.15) is 0 Å². The second kappa shape index (κ2) is 8.65. The summed E-state index contributed by atoms with van der Waals surface area (Å²) in [6.07, 6.45) is 0. The molecule has 0 radical (unpaired) electrons. The monoisotopic (exact) mass is 486 g/mol. The predicted molar refractivity (Wildman–Crippen MR) is 116 cm³/mol. The van der Waals surface area contributed by atoms with Crippen molar-refractivity contribution in [2.45, 2.75) is 6.61 Å². The Labute approximate surface area is 173 Å². The average molecular weight is 488 g/mol. The zero-order chi connectivity index (χ0) is 19.4. The molecule has 2 N–H and O–H groups in total. The normalized spacial score (nSPS) is 10.5. The number of carboxylic acid groups (broad SMARTS) is 1. The maximum atomic E-state index is 10.7. The van der Waals surface area contributed by atoms with Gasteiger partial charge in [0.1, 0.15) is 0 Å². The van der Waals surface area contributed by atoms with Crippen LogP contribution >= 0.6 is 31.9 Å². The van der Waals surface area contributed by atoms with Gasteiger partial charge in [0.2, 0.25) is 0 Å². The highest BCUT2D eigenvalue weighted by atomic mass is 79.9. The fourth-order valence-electron chi connectivity index (χ4n) is 2.71. The molecule has 3 nitrogen and oxygen atoms in total. The number of aliphatic hydroxyl groups excluding tert-OH is 1. The minimum atomic E-state index is -0.894. The molecule has 0 saturated heterocycles. The minimum Gasteiger partial charge on any atom is -0.478 e. The number of carboxylic acids is 1. The lowest BCUT2D eigenvalue weighted by atomic mass is 10.1. The molecule has 0 aliphatic carbocycles. The second-order valence-electron chi connectivity index (χ2n) is 6.00. The lowest BCUT2D eigenvalue weighted by Gasteiger charge is -2.00. The Kier molecular flexibility index (Phi) is 6.26. The predicted octanol–water partition coefficient (Wildman–Crippen LogP) is 6.40. The highest BCUT2D eigenvalue weighted by Crippen LogP contribution is 2.21. The van der Waals surface area contributed by atoms with Crippen molar-refractivity contribution < 1.29 is 15.0 Å². The standard InChI is InChI=1S/C11H7BrO2.C11H9BrO/c12-10-4-3-7-5-9(11(13)14)2-1-8(7)6-10;12-11-4-3-9-5-8(7-13)1-2-10(9)6-11/h1-6H,(H,13,14);1-6,13H,7H2. The Morgan fingerprint density at radius 1 is 0.704 bits per heavy atom. The number of rotatable bonds is 2. The van der Waals surface area contributed by atoms with Crippen molar-refractivity contribution in [2.75, 3.05) is 0 Å². The highest BCUT2D eigenvalue weighted by Gasteiger charge is 2.03. The van der Waals surface area contributed by atoms with Crippen LogP contribution in [0.1, 0.15) is 15.9 Å². The number of hydrogen-bond donors (Lipinski definition) is 2. The Balaban J connectivity index is 0.000000156. The van der Waals surface area contributed by atoms with Gasteiger partial charge in [-0.1, -0.05) is 62.2 Å². The molecule has 0 bridgehead atoms. The van der Waals surface area contributed by atoms with Crippen molar-refractivity contribution in [1.29, 1.82) is 0 Å². The largest absolute Gasteiger partial charge is 0.478 e. The van der Waals surface area contributed by atoms with E-state index in [1.165, 1.54) is 5.39 Å². The number of carbonyl (C=O) groups is 1. The van der Waals surface area contributed by atoms with Gasteiger partial charge in [-0.25, -0.2) is 4.79 Å². The molecule has 4 aromatic carbocycles. The van der Waals surface area contributed by atoms with Crippen molar-refractivity contribution in [3.05, 3.63) is 92.9 Å². The SMILES string of the molecule is O=C(O)c1ccc2cc(Br)ccc2c1.OCc1ccc2cc(Br)ccc2c1. The lowest BCUT2D eigenvalue weighted by Crippen LogP contribution is -1.94. The molecule has 0 aliphatic heterocycles. The summed E-state index contributed by atoms with van der Waals surface area (Å²) in [6, 6.07) is 22.9. The Morgan fingerprint density at radius 3 is 1.74 bits per heavy atom. The van der Waals surface area contributed by atoms with Crippen LogP contribution in [0.15, 0.2) is 81.7 Å². The molecule has 136 valence electrons. The first kappa shape index (κ1) is 19.5. The van der Waals surface area contributed by atoms with E-state index in [0.29, 0.717) is 5.56 Å². The van der Waals surface area contributed by atoms with E-state index < -0.39 is 5.97 Å². The molecule has 0 heterocycles. The average Bonchev–Trinajstić information content (AvgIpc) is 2.67. The summed E-state index contributed by atoms with van der Waals surface area (Å²) in [5.74, 6) is -0.894. The van der Waals surface area contributed by atoms with Crippen LogP contribution in [0.25, 0.3) is 21.5 Å². The Morgan fingerprint density at radius 2 is 1.19 bits per heavy atom. The van der Waals surface area contributed by atoms with E-state index in [2.05, 4.69) is 37.9 Å². The Hall–Kier alpha value is -2.21. The van der Waals surface area contributed by atoms with Crippen molar-refractivity contribution in [3.63, 3.8) is 0 Å². The molecule has 0 aliphatic rings. The van der Waals surface area contributed by atoms with Gasteiger partial charge in [-0.15, -0.1) is 0 Å². The third kappa shape index (κ3) is 4.95. The molecule has 0 aromatic heterocycles. The van der Waals surface area contributed by atoms with Crippen molar-refractivity contribution in [1.82, 2.24) is 0 Å². The van der Waals surface area contributed by atoms with Gasteiger partial charge >= 0.3 is 5.97 Å². The smallest absolute Gasteiger partial charge is 0.335 e. The van der Waals surface area contributed by atoms with Crippen LogP contribution < -0.4 is 0 Å². The maximum absolute atomic E-state index is 10.7. The Bertz CT molecular complexity index is 1120. The third-order valence-electron chi connectivity index (χ3n) is 4.10. The first-order chi connectivity index (χ1) is 13.0. The third-order valence-corrected chi connectivity index (χ3v) is 5.09. The van der Waals surface area contributed by atoms with Crippen LogP contribution in [0, 0.1) is 0 Å². The van der Waals surface area contributed by atoms with Gasteiger partial charge in [-0.05, 0) is 69.6 Å². The molecular weight excluding hydrogens is 472 g/mol. The summed E-state index contributed by atoms with van der Waals surface area (Å²) in [7, 11) is 0. The summed E-state index contributed by atoms with van der Waals surface area (Å²) in [6.45, 7) is 0.103. The van der Waals surface area contributed by atoms with Gasteiger partial charge < -0.3 is 10.2 Å². The molecular formula is C22H16Br2O3. The topological polar surface area (TPSA) is 57.5 Å². The summed E-state index contributed by atoms with van der Waals surface area (Å²) in [5, 5.41) is 22.1. The number of hydrogen-bond acceptors (Lipinski definition) is 2. The van der Waals surface area contributed by atoms with E-state index in [4.69, 9.17) is 10.2 Å². The van der Waals surface area contributed by atoms with Gasteiger partial charge in [-0.3, -0.25) is 0 Å². The van der Waals surface area contributed by atoms with Gasteiger partial charge in [0.15, 0.2) is 0 Å². The molecule has 5 heteroatoms. The van der Waals surface area contributed by atoms with Crippen molar-refractivity contribution >= 4 is 59.4 Å². The molecule has 0 unspecified atom stereocenters. The molecule has 0 spiro atoms. The first-order valence-corrected chi connectivity index (χ1v) is 9.76. The van der Waals surface area contributed by atoms with E-state index >= 15 is 0 Å². The van der Waals surface area contributed by atoms with E-state index in [1.54, 1.807) is 12.1 Å². The van der Waals surface area contributed by atoms with E-state index in [-0.39, 0.29) is 6.61 Å². The zero-order valence-corrected chi connectivity index (χ0v) is 17.4. The second-order valence-corrected chi connectivity index (χ2v) is 7.83. The molecule has 0 saturated carbocycles. The minimum absolute atomic E-state index is 0.103. The fraction of sp³-hybridized carbons (Fsp3) is 0.0455. The summed E-state index contributed by atoms with van der Waals surface area (Å²) in [4.78, 5) is 10.7. The van der Waals surface area contributed by atoms with Crippen LogP contribution in [0.3, 0.4) is 0 Å².